The number of carbonyl (C=O) groups excluding carboxylic acids is 3. The summed E-state index contributed by atoms with van der Waals surface area (Å²) >= 11 is 0. The molecule has 0 unspecified atom stereocenters. The Kier molecular flexibility index (Phi) is 11.1. The highest BCUT2D eigenvalue weighted by Crippen LogP contribution is 2.20. The number of fused-ring (bicyclic) bond motifs is 1. The normalized spacial score (nSPS) is 13.7. The van der Waals surface area contributed by atoms with Crippen LogP contribution in [0.3, 0.4) is 0 Å². The Morgan fingerprint density at radius 1 is 0.907 bits per heavy atom. The van der Waals surface area contributed by atoms with E-state index in [0.717, 1.165) is 16.5 Å². The van der Waals surface area contributed by atoms with E-state index in [0.29, 0.717) is 25.8 Å². The van der Waals surface area contributed by atoms with Gasteiger partial charge in [0.15, 0.2) is 0 Å². The van der Waals surface area contributed by atoms with E-state index in [2.05, 4.69) is 20.3 Å². The average Bonchev–Trinajstić information content (AvgIpc) is 3.33. The van der Waals surface area contributed by atoms with Gasteiger partial charge < -0.3 is 26.1 Å². The second kappa shape index (κ2) is 14.2. The summed E-state index contributed by atoms with van der Waals surface area (Å²) in [6.07, 6.45) is 3.36. The lowest BCUT2D eigenvalue weighted by atomic mass is 10.0. The molecule has 2 aromatic carbocycles. The highest BCUT2D eigenvalue weighted by atomic mass is 32.2. The first-order chi connectivity index (χ1) is 20.1. The van der Waals surface area contributed by atoms with Gasteiger partial charge in [-0.15, -0.1) is 0 Å². The number of sulfonamides is 1. The minimum atomic E-state index is -4.05. The van der Waals surface area contributed by atoms with Gasteiger partial charge in [0, 0.05) is 23.5 Å². The molecular weight excluding hydrogens is 570 g/mol. The van der Waals surface area contributed by atoms with E-state index in [1.54, 1.807) is 45.2 Å². The third kappa shape index (κ3) is 9.63. The van der Waals surface area contributed by atoms with E-state index in [-0.39, 0.29) is 11.3 Å². The molecule has 3 aromatic rings. The number of aromatic nitrogens is 1. The van der Waals surface area contributed by atoms with Crippen LogP contribution < -0.4 is 21.1 Å². The molecule has 0 fully saturated rings. The lowest BCUT2D eigenvalue weighted by Crippen LogP contribution is -2.60. The Balaban J connectivity index is 1.88. The largest absolute Gasteiger partial charge is 0.458 e. The Morgan fingerprint density at radius 3 is 2.21 bits per heavy atom. The fraction of sp³-hybridized carbons (Fsp3) is 0.452. The molecule has 0 saturated heterocycles. The van der Waals surface area contributed by atoms with Crippen molar-refractivity contribution in [3.8, 4) is 0 Å². The molecule has 12 heteroatoms. The molecule has 43 heavy (non-hydrogen) atoms. The van der Waals surface area contributed by atoms with Crippen LogP contribution in [-0.4, -0.2) is 61.0 Å². The summed E-state index contributed by atoms with van der Waals surface area (Å²) in [6.45, 7) is 8.48. The van der Waals surface area contributed by atoms with E-state index in [1.807, 2.05) is 24.3 Å². The number of H-pyrrole nitrogens is 1. The van der Waals surface area contributed by atoms with Crippen molar-refractivity contribution in [2.75, 3.05) is 6.54 Å². The molecule has 234 valence electrons. The molecule has 0 aliphatic rings. The molecule has 0 radical (unpaired) electrons. The Hall–Kier alpha value is -3.74. The third-order valence-corrected chi connectivity index (χ3v) is 8.36. The van der Waals surface area contributed by atoms with Crippen LogP contribution in [0.2, 0.25) is 0 Å². The minimum absolute atomic E-state index is 0.00152. The number of nitrogens with two attached hydrogens (primary N) is 1. The first kappa shape index (κ1) is 33.8. The fourth-order valence-electron chi connectivity index (χ4n) is 4.50. The summed E-state index contributed by atoms with van der Waals surface area (Å²) in [5, 5.41) is 6.37. The van der Waals surface area contributed by atoms with Gasteiger partial charge in [-0.1, -0.05) is 36.4 Å². The number of hydrogen-bond donors (Lipinski definition) is 5. The van der Waals surface area contributed by atoms with Gasteiger partial charge in [0.05, 0.1) is 4.90 Å². The zero-order valence-corrected chi connectivity index (χ0v) is 26.2. The summed E-state index contributed by atoms with van der Waals surface area (Å²) in [5.74, 6) is -1.92. The molecule has 3 rings (SSSR count). The predicted molar refractivity (Wildman–Crippen MR) is 165 cm³/mol. The maximum atomic E-state index is 13.8. The molecule has 0 bridgehead atoms. The van der Waals surface area contributed by atoms with Crippen molar-refractivity contribution in [2.24, 2.45) is 5.73 Å². The minimum Gasteiger partial charge on any atom is -0.458 e. The van der Waals surface area contributed by atoms with Crippen molar-refractivity contribution in [2.45, 2.75) is 88.4 Å². The van der Waals surface area contributed by atoms with Crippen LogP contribution >= 0.6 is 0 Å². The van der Waals surface area contributed by atoms with Crippen LogP contribution in [0.15, 0.2) is 65.7 Å². The summed E-state index contributed by atoms with van der Waals surface area (Å²) in [6, 6.07) is 13.1. The molecule has 0 aliphatic heterocycles. The first-order valence-electron chi connectivity index (χ1n) is 14.3. The van der Waals surface area contributed by atoms with Gasteiger partial charge in [0.1, 0.15) is 23.2 Å². The van der Waals surface area contributed by atoms with Gasteiger partial charge in [0.25, 0.3) is 0 Å². The number of amides is 2. The second-order valence-electron chi connectivity index (χ2n) is 12.0. The van der Waals surface area contributed by atoms with Crippen molar-refractivity contribution < 1.29 is 27.5 Å². The van der Waals surface area contributed by atoms with Crippen LogP contribution in [0.1, 0.15) is 59.4 Å². The van der Waals surface area contributed by atoms with E-state index in [1.165, 1.54) is 26.0 Å². The maximum absolute atomic E-state index is 13.8. The maximum Gasteiger partial charge on any atom is 0.329 e. The van der Waals surface area contributed by atoms with Crippen LogP contribution in [0.25, 0.3) is 10.9 Å². The molecule has 6 N–H and O–H groups in total. The van der Waals surface area contributed by atoms with Crippen molar-refractivity contribution in [1.82, 2.24) is 20.3 Å². The topological polar surface area (TPSA) is 172 Å². The smallest absolute Gasteiger partial charge is 0.329 e. The molecule has 1 heterocycles. The number of benzene rings is 2. The van der Waals surface area contributed by atoms with Gasteiger partial charge in [-0.05, 0) is 84.2 Å². The molecule has 0 saturated carbocycles. The van der Waals surface area contributed by atoms with Crippen LogP contribution in [0, 0.1) is 0 Å². The summed E-state index contributed by atoms with van der Waals surface area (Å²) in [4.78, 5) is 43.6. The molecule has 0 spiro atoms. The van der Waals surface area contributed by atoms with Crippen LogP contribution in [0.5, 0.6) is 0 Å². The Morgan fingerprint density at radius 2 is 1.56 bits per heavy atom. The van der Waals surface area contributed by atoms with Gasteiger partial charge in [0.2, 0.25) is 21.8 Å². The highest BCUT2D eigenvalue weighted by Gasteiger charge is 2.37. The lowest BCUT2D eigenvalue weighted by molar-refractivity contribution is -0.159. The van der Waals surface area contributed by atoms with Crippen molar-refractivity contribution >= 4 is 38.7 Å². The number of esters is 1. The van der Waals surface area contributed by atoms with Crippen molar-refractivity contribution in [1.29, 1.82) is 0 Å². The van der Waals surface area contributed by atoms with Gasteiger partial charge in [-0.25, -0.2) is 13.2 Å². The number of rotatable bonds is 14. The predicted octanol–water partition coefficient (Wildman–Crippen LogP) is 2.91. The van der Waals surface area contributed by atoms with Gasteiger partial charge in [-0.3, -0.25) is 9.59 Å². The van der Waals surface area contributed by atoms with Gasteiger partial charge in [-0.2, -0.15) is 4.72 Å². The molecular formula is C31H43N5O6S. The SMILES string of the molecule is CC(C)(C)OC(=O)[C@H](CCCCN)NC(=O)[C@@H](Cc1c[nH]c2ccccc12)NC(=O)C(C)(C)NS(=O)(=O)c1ccccc1. The monoisotopic (exact) mass is 613 g/mol. The Bertz CT molecular complexity index is 1510. The molecule has 11 nitrogen and oxygen atoms in total. The van der Waals surface area contributed by atoms with Crippen molar-refractivity contribution in [3.05, 3.63) is 66.4 Å². The highest BCUT2D eigenvalue weighted by molar-refractivity contribution is 7.89. The molecule has 1 aromatic heterocycles. The number of aromatic amines is 1. The Labute approximate surface area is 253 Å². The number of ether oxygens (including phenoxy) is 1. The van der Waals surface area contributed by atoms with E-state index < -0.39 is 51.0 Å². The number of carbonyl (C=O) groups is 3. The third-order valence-electron chi connectivity index (χ3n) is 6.69. The molecule has 2 atom stereocenters. The zero-order valence-electron chi connectivity index (χ0n) is 25.4. The van der Waals surface area contributed by atoms with E-state index in [4.69, 9.17) is 10.5 Å². The van der Waals surface area contributed by atoms with E-state index >= 15 is 0 Å². The standard InChI is InChI=1S/C31H43N5O6S/c1-30(2,3)42-28(38)25(17-11-12-18-32)34-27(37)26(19-21-20-33-24-16-10-9-15-23(21)24)35-29(39)31(4,5)36-43(40,41)22-13-7-6-8-14-22/h6-10,13-16,20,25-26,33,36H,11-12,17-19,32H2,1-5H3,(H,34,37)(H,35,39)/t25-,26+/m0/s1. The van der Waals surface area contributed by atoms with Crippen molar-refractivity contribution in [3.63, 3.8) is 0 Å². The fourth-order valence-corrected chi connectivity index (χ4v) is 5.89. The van der Waals surface area contributed by atoms with E-state index in [9.17, 15) is 22.8 Å². The average molecular weight is 614 g/mol. The first-order valence-corrected chi connectivity index (χ1v) is 15.8. The number of unbranched alkanes of at least 4 members (excludes halogenated alkanes) is 1. The number of nitrogens with one attached hydrogen (secondary N) is 4. The van der Waals surface area contributed by atoms with Crippen LogP contribution in [0.4, 0.5) is 0 Å². The lowest BCUT2D eigenvalue weighted by Gasteiger charge is -2.29. The zero-order chi connectivity index (χ0) is 31.8. The summed E-state index contributed by atoms with van der Waals surface area (Å²) in [7, 11) is -4.05. The number of hydrogen-bond acceptors (Lipinski definition) is 7. The number of para-hydroxylation sites is 1. The second-order valence-corrected chi connectivity index (χ2v) is 13.7. The summed E-state index contributed by atoms with van der Waals surface area (Å²) in [5.41, 5.74) is 4.85. The van der Waals surface area contributed by atoms with Gasteiger partial charge >= 0.3 is 5.97 Å². The van der Waals surface area contributed by atoms with Crippen LogP contribution in [-0.2, 0) is 35.6 Å². The molecule has 2 amide bonds. The summed E-state index contributed by atoms with van der Waals surface area (Å²) < 4.78 is 34.0. The molecule has 0 aliphatic carbocycles. The quantitative estimate of drug-likeness (QED) is 0.137.